The number of hydrazine groups is 1. The third-order valence-electron chi connectivity index (χ3n) is 2.07. The maximum atomic E-state index is 9.16. The Bertz CT molecular complexity index is 374. The van der Waals surface area contributed by atoms with Crippen molar-refractivity contribution in [3.8, 4) is 0 Å². The second kappa shape index (κ2) is 6.89. The zero-order chi connectivity index (χ0) is 13.5. The van der Waals surface area contributed by atoms with Gasteiger partial charge in [0, 0.05) is 21.2 Å². The molecule has 1 aromatic rings. The Kier molecular flexibility index (Phi) is 5.49. The molecule has 102 valence electrons. The SMILES string of the molecule is COCC(CO)Nc1nc(NN)nc(N(C)C)n1. The number of nitrogens with two attached hydrogens (primary N) is 1. The first-order valence-corrected chi connectivity index (χ1v) is 5.37. The van der Waals surface area contributed by atoms with Crippen LogP contribution in [0.25, 0.3) is 0 Å². The molecule has 0 aliphatic heterocycles. The lowest BCUT2D eigenvalue weighted by Gasteiger charge is -2.17. The Labute approximate surface area is 105 Å². The summed E-state index contributed by atoms with van der Waals surface area (Å²) in [6, 6.07) is -0.293. The molecule has 1 atom stereocenters. The fourth-order valence-electron chi connectivity index (χ4n) is 1.22. The number of methoxy groups -OCH3 is 1. The molecule has 1 heterocycles. The Morgan fingerprint density at radius 2 is 2.00 bits per heavy atom. The molecule has 0 aliphatic rings. The molecule has 0 aliphatic carbocycles. The van der Waals surface area contributed by atoms with Gasteiger partial charge < -0.3 is 20.1 Å². The Morgan fingerprint density at radius 1 is 1.33 bits per heavy atom. The van der Waals surface area contributed by atoms with Gasteiger partial charge in [-0.3, -0.25) is 5.43 Å². The van der Waals surface area contributed by atoms with Crippen molar-refractivity contribution in [2.45, 2.75) is 6.04 Å². The van der Waals surface area contributed by atoms with Gasteiger partial charge in [0.25, 0.3) is 0 Å². The van der Waals surface area contributed by atoms with E-state index in [1.165, 1.54) is 0 Å². The smallest absolute Gasteiger partial charge is 0.243 e. The summed E-state index contributed by atoms with van der Waals surface area (Å²) in [6.45, 7) is 0.243. The van der Waals surface area contributed by atoms with Gasteiger partial charge >= 0.3 is 0 Å². The van der Waals surface area contributed by atoms with Crippen molar-refractivity contribution in [2.24, 2.45) is 5.84 Å². The van der Waals surface area contributed by atoms with Crippen molar-refractivity contribution in [2.75, 3.05) is 50.1 Å². The molecule has 0 amide bonds. The van der Waals surface area contributed by atoms with E-state index in [-0.39, 0.29) is 18.6 Å². The van der Waals surface area contributed by atoms with Gasteiger partial charge in [-0.2, -0.15) is 15.0 Å². The van der Waals surface area contributed by atoms with Gasteiger partial charge in [0.2, 0.25) is 17.8 Å². The minimum Gasteiger partial charge on any atom is -0.394 e. The number of ether oxygens (including phenoxy) is 1. The van der Waals surface area contributed by atoms with Crippen LogP contribution in [0.15, 0.2) is 0 Å². The first kappa shape index (κ1) is 14.4. The van der Waals surface area contributed by atoms with Crippen LogP contribution in [0.2, 0.25) is 0 Å². The van der Waals surface area contributed by atoms with Crippen molar-refractivity contribution >= 4 is 17.8 Å². The highest BCUT2D eigenvalue weighted by Gasteiger charge is 2.12. The normalized spacial score (nSPS) is 12.1. The third-order valence-corrected chi connectivity index (χ3v) is 2.07. The number of anilines is 3. The summed E-state index contributed by atoms with van der Waals surface area (Å²) < 4.78 is 4.96. The van der Waals surface area contributed by atoms with E-state index in [1.54, 1.807) is 26.1 Å². The van der Waals surface area contributed by atoms with Gasteiger partial charge in [0.15, 0.2) is 0 Å². The summed E-state index contributed by atoms with van der Waals surface area (Å²) in [5.41, 5.74) is 2.36. The van der Waals surface area contributed by atoms with Crippen LogP contribution in [-0.2, 0) is 4.74 Å². The molecule has 18 heavy (non-hydrogen) atoms. The number of aliphatic hydroxyl groups is 1. The van der Waals surface area contributed by atoms with E-state index in [4.69, 9.17) is 15.7 Å². The molecule has 0 aromatic carbocycles. The fourth-order valence-corrected chi connectivity index (χ4v) is 1.22. The molecule has 9 nitrogen and oxygen atoms in total. The highest BCUT2D eigenvalue weighted by molar-refractivity contribution is 5.42. The van der Waals surface area contributed by atoms with Crippen molar-refractivity contribution in [1.82, 2.24) is 15.0 Å². The van der Waals surface area contributed by atoms with Gasteiger partial charge in [-0.25, -0.2) is 5.84 Å². The number of hydrogen-bond acceptors (Lipinski definition) is 9. The zero-order valence-electron chi connectivity index (χ0n) is 10.7. The molecule has 0 spiro atoms. The maximum absolute atomic E-state index is 9.16. The molecule has 9 heteroatoms. The molecule has 0 saturated heterocycles. The molecule has 0 saturated carbocycles. The molecule has 5 N–H and O–H groups in total. The molecular formula is C9H19N7O2. The minimum absolute atomic E-state index is 0.0950. The van der Waals surface area contributed by atoms with E-state index in [9.17, 15) is 0 Å². The van der Waals surface area contributed by atoms with Crippen molar-refractivity contribution in [3.05, 3.63) is 0 Å². The van der Waals surface area contributed by atoms with Gasteiger partial charge in [-0.15, -0.1) is 0 Å². The highest BCUT2D eigenvalue weighted by Crippen LogP contribution is 2.11. The number of aromatic nitrogens is 3. The van der Waals surface area contributed by atoms with Crippen LogP contribution in [0.5, 0.6) is 0 Å². The van der Waals surface area contributed by atoms with E-state index in [2.05, 4.69) is 25.7 Å². The van der Waals surface area contributed by atoms with Gasteiger partial charge in [-0.1, -0.05) is 0 Å². The van der Waals surface area contributed by atoms with Crippen LogP contribution in [0.4, 0.5) is 17.8 Å². The minimum atomic E-state index is -0.293. The van der Waals surface area contributed by atoms with Crippen LogP contribution >= 0.6 is 0 Å². The topological polar surface area (TPSA) is 121 Å². The summed E-state index contributed by atoms with van der Waals surface area (Å²) in [4.78, 5) is 14.0. The second-order valence-corrected chi connectivity index (χ2v) is 3.80. The van der Waals surface area contributed by atoms with E-state index >= 15 is 0 Å². The van der Waals surface area contributed by atoms with Crippen LogP contribution in [-0.4, -0.2) is 60.5 Å². The summed E-state index contributed by atoms with van der Waals surface area (Å²) in [5, 5.41) is 12.1. The van der Waals surface area contributed by atoms with Crippen LogP contribution in [0.3, 0.4) is 0 Å². The van der Waals surface area contributed by atoms with Gasteiger partial charge in [0.05, 0.1) is 19.3 Å². The van der Waals surface area contributed by atoms with Crippen molar-refractivity contribution in [3.63, 3.8) is 0 Å². The lowest BCUT2D eigenvalue weighted by molar-refractivity contribution is 0.153. The molecule has 1 aromatic heterocycles. The molecule has 0 bridgehead atoms. The lowest BCUT2D eigenvalue weighted by Crippen LogP contribution is -2.30. The number of nitrogen functional groups attached to an aromatic ring is 1. The fraction of sp³-hybridized carbons (Fsp3) is 0.667. The largest absolute Gasteiger partial charge is 0.394 e. The molecule has 1 rings (SSSR count). The number of aliphatic hydroxyl groups excluding tert-OH is 1. The number of nitrogens with zero attached hydrogens (tertiary/aromatic N) is 4. The van der Waals surface area contributed by atoms with E-state index in [0.717, 1.165) is 0 Å². The van der Waals surface area contributed by atoms with Gasteiger partial charge in [-0.05, 0) is 0 Å². The first-order valence-electron chi connectivity index (χ1n) is 5.37. The summed E-state index contributed by atoms with van der Waals surface area (Å²) in [5.74, 6) is 6.30. The van der Waals surface area contributed by atoms with Crippen LogP contribution < -0.4 is 21.5 Å². The second-order valence-electron chi connectivity index (χ2n) is 3.80. The van der Waals surface area contributed by atoms with E-state index in [0.29, 0.717) is 18.5 Å². The summed E-state index contributed by atoms with van der Waals surface area (Å²) >= 11 is 0. The van der Waals surface area contributed by atoms with Gasteiger partial charge in [0.1, 0.15) is 0 Å². The molecule has 1 unspecified atom stereocenters. The molecule has 0 fully saturated rings. The first-order chi connectivity index (χ1) is 8.60. The Hall–Kier alpha value is -1.71. The predicted octanol–water partition coefficient (Wildman–Crippen LogP) is -1.36. The monoisotopic (exact) mass is 257 g/mol. The average molecular weight is 257 g/mol. The third kappa shape index (κ3) is 3.95. The van der Waals surface area contributed by atoms with Crippen LogP contribution in [0.1, 0.15) is 0 Å². The van der Waals surface area contributed by atoms with Crippen molar-refractivity contribution < 1.29 is 9.84 Å². The summed E-state index contributed by atoms with van der Waals surface area (Å²) in [6.07, 6.45) is 0. The van der Waals surface area contributed by atoms with Crippen LogP contribution in [0, 0.1) is 0 Å². The average Bonchev–Trinajstić information content (AvgIpc) is 2.37. The maximum Gasteiger partial charge on any atom is 0.243 e. The number of hydrogen-bond donors (Lipinski definition) is 4. The highest BCUT2D eigenvalue weighted by atomic mass is 16.5. The van der Waals surface area contributed by atoms with Crippen molar-refractivity contribution in [1.29, 1.82) is 0 Å². The lowest BCUT2D eigenvalue weighted by atomic mass is 10.3. The number of rotatable bonds is 7. The van der Waals surface area contributed by atoms with E-state index < -0.39 is 0 Å². The zero-order valence-corrected chi connectivity index (χ0v) is 10.7. The Morgan fingerprint density at radius 3 is 2.50 bits per heavy atom. The molecular weight excluding hydrogens is 238 g/mol. The Balaban J connectivity index is 2.89. The van der Waals surface area contributed by atoms with E-state index in [1.807, 2.05) is 0 Å². The summed E-state index contributed by atoms with van der Waals surface area (Å²) in [7, 11) is 5.16. The molecule has 0 radical (unpaired) electrons. The number of nitrogens with one attached hydrogen (secondary N) is 2. The standard InChI is InChI=1S/C9H19N7O2/c1-16(2)9-13-7(12-8(14-9)15-10)11-6(4-17)5-18-3/h6,17H,4-5,10H2,1-3H3,(H2,11,12,13,14,15). The predicted molar refractivity (Wildman–Crippen MR) is 68.3 cm³/mol. The quantitative estimate of drug-likeness (QED) is 0.346.